The highest BCUT2D eigenvalue weighted by Gasteiger charge is 2.04. The summed E-state index contributed by atoms with van der Waals surface area (Å²) in [6.45, 7) is 3.28. The van der Waals surface area contributed by atoms with Crippen LogP contribution in [0, 0.1) is 0 Å². The predicted molar refractivity (Wildman–Crippen MR) is 79.2 cm³/mol. The van der Waals surface area contributed by atoms with Crippen LogP contribution in [-0.4, -0.2) is 11.5 Å². The second-order valence-corrected chi connectivity index (χ2v) is 4.77. The van der Waals surface area contributed by atoms with E-state index in [1.54, 1.807) is 24.4 Å². The average molecular weight is 297 g/mol. The molecule has 1 heterocycles. The first-order valence-corrected chi connectivity index (χ1v) is 6.71. The first kappa shape index (κ1) is 14.0. The summed E-state index contributed by atoms with van der Waals surface area (Å²) in [6.07, 6.45) is 1.75. The number of aromatic nitrogens is 1. The van der Waals surface area contributed by atoms with Crippen molar-refractivity contribution in [3.05, 3.63) is 52.3 Å². The number of rotatable bonds is 5. The van der Waals surface area contributed by atoms with Crippen molar-refractivity contribution >= 4 is 28.9 Å². The minimum absolute atomic E-state index is 0.362. The largest absolute Gasteiger partial charge is 0.486 e. The first-order chi connectivity index (χ1) is 9.19. The Kier molecular flexibility index (Phi) is 4.88. The summed E-state index contributed by atoms with van der Waals surface area (Å²) >= 11 is 11.9. The fraction of sp³-hybridized carbons (Fsp3) is 0.214. The molecule has 1 aromatic heterocycles. The lowest BCUT2D eigenvalue weighted by Gasteiger charge is -2.09. The van der Waals surface area contributed by atoms with Gasteiger partial charge in [-0.1, -0.05) is 23.2 Å². The Morgan fingerprint density at radius 3 is 2.79 bits per heavy atom. The maximum absolute atomic E-state index is 6.03. The molecule has 5 heteroatoms. The predicted octanol–water partition coefficient (Wildman–Crippen LogP) is 4.40. The highest BCUT2D eigenvalue weighted by molar-refractivity contribution is 6.35. The number of nitrogens with zero attached hydrogens (tertiary/aromatic N) is 1. The second-order valence-electron chi connectivity index (χ2n) is 3.93. The van der Waals surface area contributed by atoms with Crippen molar-refractivity contribution < 1.29 is 4.74 Å². The number of pyridine rings is 1. The monoisotopic (exact) mass is 296 g/mol. The Bertz CT molecular complexity index is 561. The Morgan fingerprint density at radius 1 is 1.21 bits per heavy atom. The quantitative estimate of drug-likeness (QED) is 0.888. The van der Waals surface area contributed by atoms with Crippen LogP contribution in [0.5, 0.6) is 5.75 Å². The fourth-order valence-electron chi connectivity index (χ4n) is 1.62. The molecular weight excluding hydrogens is 283 g/mol. The zero-order chi connectivity index (χ0) is 13.7. The summed E-state index contributed by atoms with van der Waals surface area (Å²) in [5, 5.41) is 4.31. The van der Waals surface area contributed by atoms with Crippen molar-refractivity contribution in [1.82, 2.24) is 4.98 Å². The molecule has 0 unspecified atom stereocenters. The van der Waals surface area contributed by atoms with E-state index in [0.717, 1.165) is 17.9 Å². The van der Waals surface area contributed by atoms with E-state index in [1.165, 1.54) is 0 Å². The van der Waals surface area contributed by atoms with Gasteiger partial charge < -0.3 is 10.1 Å². The summed E-state index contributed by atoms with van der Waals surface area (Å²) in [6, 6.07) is 9.01. The van der Waals surface area contributed by atoms with E-state index in [4.69, 9.17) is 27.9 Å². The van der Waals surface area contributed by atoms with Crippen LogP contribution in [0.3, 0.4) is 0 Å². The maximum atomic E-state index is 6.03. The molecule has 1 aromatic carbocycles. The Balaban J connectivity index is 2.03. The van der Waals surface area contributed by atoms with Gasteiger partial charge in [0.05, 0.1) is 10.7 Å². The number of benzene rings is 1. The van der Waals surface area contributed by atoms with Crippen LogP contribution in [0.15, 0.2) is 36.5 Å². The molecule has 100 valence electrons. The van der Waals surface area contributed by atoms with Crippen molar-refractivity contribution in [2.75, 3.05) is 11.9 Å². The van der Waals surface area contributed by atoms with E-state index in [0.29, 0.717) is 22.4 Å². The summed E-state index contributed by atoms with van der Waals surface area (Å²) in [4.78, 5) is 4.25. The van der Waals surface area contributed by atoms with Crippen LogP contribution in [0.4, 0.5) is 5.69 Å². The summed E-state index contributed by atoms with van der Waals surface area (Å²) in [7, 11) is 0. The van der Waals surface area contributed by atoms with Crippen LogP contribution < -0.4 is 10.1 Å². The number of hydrogen-bond donors (Lipinski definition) is 1. The van der Waals surface area contributed by atoms with E-state index in [1.807, 2.05) is 19.1 Å². The molecule has 0 aliphatic heterocycles. The molecule has 0 aliphatic carbocycles. The third-order valence-electron chi connectivity index (χ3n) is 2.47. The van der Waals surface area contributed by atoms with E-state index in [-0.39, 0.29) is 0 Å². The number of halogens is 2. The molecule has 3 nitrogen and oxygen atoms in total. The molecule has 1 N–H and O–H groups in total. The van der Waals surface area contributed by atoms with Gasteiger partial charge in [-0.15, -0.1) is 0 Å². The lowest BCUT2D eigenvalue weighted by molar-refractivity contribution is 0.301. The molecule has 0 atom stereocenters. The molecule has 2 aromatic rings. The Morgan fingerprint density at radius 2 is 2.05 bits per heavy atom. The van der Waals surface area contributed by atoms with Crippen LogP contribution in [-0.2, 0) is 6.61 Å². The average Bonchev–Trinajstić information content (AvgIpc) is 2.38. The van der Waals surface area contributed by atoms with Crippen LogP contribution in [0.2, 0.25) is 10.0 Å². The third kappa shape index (κ3) is 4.01. The molecule has 0 amide bonds. The minimum Gasteiger partial charge on any atom is -0.486 e. The fourth-order valence-corrected chi connectivity index (χ4v) is 2.08. The molecule has 0 aliphatic rings. The first-order valence-electron chi connectivity index (χ1n) is 5.95. The van der Waals surface area contributed by atoms with Crippen molar-refractivity contribution in [3.63, 3.8) is 0 Å². The molecular formula is C14H14Cl2N2O. The molecule has 0 saturated heterocycles. The van der Waals surface area contributed by atoms with E-state index in [2.05, 4.69) is 10.3 Å². The Labute approximate surface area is 122 Å². The molecule has 0 fully saturated rings. The number of hydrogen-bond acceptors (Lipinski definition) is 3. The lowest BCUT2D eigenvalue weighted by atomic mass is 10.3. The van der Waals surface area contributed by atoms with Gasteiger partial charge in [0.15, 0.2) is 0 Å². The van der Waals surface area contributed by atoms with Crippen molar-refractivity contribution in [1.29, 1.82) is 0 Å². The highest BCUT2D eigenvalue weighted by Crippen LogP contribution is 2.28. The zero-order valence-electron chi connectivity index (χ0n) is 10.5. The van der Waals surface area contributed by atoms with Crippen LogP contribution in [0.25, 0.3) is 0 Å². The summed E-state index contributed by atoms with van der Waals surface area (Å²) in [5.41, 5.74) is 1.86. The molecule has 2 rings (SSSR count). The van der Waals surface area contributed by atoms with E-state index in [9.17, 15) is 0 Å². The number of nitrogens with one attached hydrogen (secondary N) is 1. The normalized spacial score (nSPS) is 10.3. The SMILES string of the molecule is CCNc1ccnc(COc2ccc(Cl)cc2Cl)c1. The number of ether oxygens (including phenoxy) is 1. The van der Waals surface area contributed by atoms with Crippen molar-refractivity contribution in [3.8, 4) is 5.75 Å². The van der Waals surface area contributed by atoms with Gasteiger partial charge in [0.2, 0.25) is 0 Å². The minimum atomic E-state index is 0.362. The maximum Gasteiger partial charge on any atom is 0.138 e. The highest BCUT2D eigenvalue weighted by atomic mass is 35.5. The standard InChI is InChI=1S/C14H14Cl2N2O/c1-2-17-11-5-6-18-12(8-11)9-19-14-4-3-10(15)7-13(14)16/h3-8H,2,9H2,1H3,(H,17,18). The topological polar surface area (TPSA) is 34.2 Å². The van der Waals surface area contributed by atoms with Crippen LogP contribution >= 0.6 is 23.2 Å². The van der Waals surface area contributed by atoms with Gasteiger partial charge >= 0.3 is 0 Å². The number of anilines is 1. The third-order valence-corrected chi connectivity index (χ3v) is 3.00. The second kappa shape index (κ2) is 6.64. The van der Waals surface area contributed by atoms with Gasteiger partial charge in [0.25, 0.3) is 0 Å². The van der Waals surface area contributed by atoms with Gasteiger partial charge in [0.1, 0.15) is 12.4 Å². The van der Waals surface area contributed by atoms with Gasteiger partial charge in [0, 0.05) is 23.5 Å². The molecule has 0 spiro atoms. The van der Waals surface area contributed by atoms with Crippen LogP contribution in [0.1, 0.15) is 12.6 Å². The Hall–Kier alpha value is -1.45. The lowest BCUT2D eigenvalue weighted by Crippen LogP contribution is -2.01. The summed E-state index contributed by atoms with van der Waals surface area (Å²) in [5.74, 6) is 0.599. The molecule has 19 heavy (non-hydrogen) atoms. The van der Waals surface area contributed by atoms with Gasteiger partial charge in [-0.3, -0.25) is 4.98 Å². The van der Waals surface area contributed by atoms with Crippen molar-refractivity contribution in [2.24, 2.45) is 0 Å². The van der Waals surface area contributed by atoms with Gasteiger partial charge in [-0.2, -0.15) is 0 Å². The zero-order valence-corrected chi connectivity index (χ0v) is 12.0. The molecule has 0 saturated carbocycles. The van der Waals surface area contributed by atoms with Gasteiger partial charge in [-0.25, -0.2) is 0 Å². The van der Waals surface area contributed by atoms with Gasteiger partial charge in [-0.05, 0) is 37.3 Å². The van der Waals surface area contributed by atoms with Crippen molar-refractivity contribution in [2.45, 2.75) is 13.5 Å². The van der Waals surface area contributed by atoms with E-state index >= 15 is 0 Å². The summed E-state index contributed by atoms with van der Waals surface area (Å²) < 4.78 is 5.63. The molecule has 0 bridgehead atoms. The van der Waals surface area contributed by atoms with E-state index < -0.39 is 0 Å². The molecule has 0 radical (unpaired) electrons. The smallest absolute Gasteiger partial charge is 0.138 e.